The largest absolute Gasteiger partial charge is 0.465 e. The second-order valence-corrected chi connectivity index (χ2v) is 5.31. The molecule has 1 aliphatic heterocycles. The van der Waals surface area contributed by atoms with Crippen LogP contribution in [0.15, 0.2) is 0 Å². The molecule has 7 nitrogen and oxygen atoms in total. The second kappa shape index (κ2) is 4.03. The number of hydrogen-bond donors (Lipinski definition) is 5. The van der Waals surface area contributed by atoms with Gasteiger partial charge in [0.05, 0.1) is 11.5 Å². The highest BCUT2D eigenvalue weighted by atomic mass is 32.3. The molecule has 0 radical (unpaired) electrons. The van der Waals surface area contributed by atoms with Gasteiger partial charge in [-0.05, 0) is 0 Å². The fourth-order valence-electron chi connectivity index (χ4n) is 1.14. The van der Waals surface area contributed by atoms with Gasteiger partial charge >= 0.3 is 6.09 Å². The summed E-state index contributed by atoms with van der Waals surface area (Å²) in [6.07, 6.45) is -1.36. The van der Waals surface area contributed by atoms with Gasteiger partial charge in [0.1, 0.15) is 6.04 Å². The van der Waals surface area contributed by atoms with E-state index in [-0.39, 0.29) is 18.1 Å². The average Bonchev–Trinajstić information content (AvgIpc) is 2.10. The van der Waals surface area contributed by atoms with Crippen LogP contribution in [0.5, 0.6) is 0 Å². The summed E-state index contributed by atoms with van der Waals surface area (Å²) < 4.78 is 18.7. The zero-order chi connectivity index (χ0) is 10.8. The van der Waals surface area contributed by atoms with Gasteiger partial charge in [-0.3, -0.25) is 13.9 Å². The molecular formula is C6H12N2O5S. The minimum Gasteiger partial charge on any atom is -0.465 e. The maximum absolute atomic E-state index is 11.2. The van der Waals surface area contributed by atoms with Gasteiger partial charge in [0, 0.05) is 6.54 Å². The molecule has 1 heterocycles. The van der Waals surface area contributed by atoms with Gasteiger partial charge in [0.2, 0.25) is 5.91 Å². The molecule has 8 heteroatoms. The van der Waals surface area contributed by atoms with E-state index < -0.39 is 28.6 Å². The molecule has 0 bridgehead atoms. The van der Waals surface area contributed by atoms with Crippen molar-refractivity contribution in [2.45, 2.75) is 6.04 Å². The van der Waals surface area contributed by atoms with Crippen LogP contribution in [-0.4, -0.2) is 50.3 Å². The van der Waals surface area contributed by atoms with Gasteiger partial charge in [-0.15, -0.1) is 0 Å². The van der Waals surface area contributed by atoms with Crippen molar-refractivity contribution in [1.29, 1.82) is 0 Å². The van der Waals surface area contributed by atoms with Crippen molar-refractivity contribution in [3.63, 3.8) is 0 Å². The van der Waals surface area contributed by atoms with Crippen LogP contribution in [0.1, 0.15) is 0 Å². The maximum Gasteiger partial charge on any atom is 0.405 e. The summed E-state index contributed by atoms with van der Waals surface area (Å²) in [5.41, 5.74) is 0. The molecule has 0 spiro atoms. The highest BCUT2D eigenvalue weighted by Crippen LogP contribution is 2.39. The van der Waals surface area contributed by atoms with Gasteiger partial charge in [-0.2, -0.15) is 10.6 Å². The summed E-state index contributed by atoms with van der Waals surface area (Å²) >= 11 is 0. The first-order chi connectivity index (χ1) is 6.41. The average molecular weight is 224 g/mol. The molecule has 14 heavy (non-hydrogen) atoms. The monoisotopic (exact) mass is 224 g/mol. The van der Waals surface area contributed by atoms with E-state index in [0.29, 0.717) is 0 Å². The van der Waals surface area contributed by atoms with E-state index in [1.165, 1.54) is 0 Å². The van der Waals surface area contributed by atoms with Crippen molar-refractivity contribution in [2.75, 3.05) is 18.1 Å². The van der Waals surface area contributed by atoms with Crippen LogP contribution in [0.2, 0.25) is 0 Å². The van der Waals surface area contributed by atoms with E-state index in [1.807, 2.05) is 5.32 Å². The molecule has 0 aromatic rings. The molecule has 82 valence electrons. The third-order valence-corrected chi connectivity index (χ3v) is 3.50. The molecule has 0 saturated carbocycles. The van der Waals surface area contributed by atoms with Crippen LogP contribution in [0.3, 0.4) is 0 Å². The smallest absolute Gasteiger partial charge is 0.405 e. The number of carboxylic acid groups (broad SMARTS) is 1. The predicted molar refractivity (Wildman–Crippen MR) is 50.5 cm³/mol. The van der Waals surface area contributed by atoms with E-state index in [4.69, 9.17) is 5.11 Å². The summed E-state index contributed by atoms with van der Waals surface area (Å²) in [5, 5.41) is 12.7. The molecule has 2 amide bonds. The minimum atomic E-state index is -2.86. The SMILES string of the molecule is O=C(O)N[C@H]1CS(O)(O)CCNC1=O. The highest BCUT2D eigenvalue weighted by Gasteiger charge is 2.30. The fourth-order valence-corrected chi connectivity index (χ4v) is 2.51. The molecule has 0 aliphatic carbocycles. The Morgan fingerprint density at radius 3 is 2.79 bits per heavy atom. The zero-order valence-electron chi connectivity index (χ0n) is 7.27. The summed E-state index contributed by atoms with van der Waals surface area (Å²) in [6, 6.07) is -1.08. The highest BCUT2D eigenvalue weighted by molar-refractivity contribution is 8.24. The second-order valence-electron chi connectivity index (χ2n) is 2.97. The van der Waals surface area contributed by atoms with E-state index in [9.17, 15) is 18.7 Å². The first-order valence-electron chi connectivity index (χ1n) is 3.91. The van der Waals surface area contributed by atoms with E-state index in [0.717, 1.165) is 0 Å². The quantitative estimate of drug-likeness (QED) is 0.411. The summed E-state index contributed by atoms with van der Waals surface area (Å²) in [5.74, 6) is -0.716. The Labute approximate surface area is 81.8 Å². The Balaban J connectivity index is 2.69. The van der Waals surface area contributed by atoms with Gasteiger partial charge in [-0.25, -0.2) is 4.79 Å². The van der Waals surface area contributed by atoms with Crippen LogP contribution in [-0.2, 0) is 4.79 Å². The first-order valence-corrected chi connectivity index (χ1v) is 5.80. The predicted octanol–water partition coefficient (Wildman–Crippen LogP) is -0.497. The molecule has 5 N–H and O–H groups in total. The molecule has 1 saturated heterocycles. The molecule has 0 aromatic heterocycles. The lowest BCUT2D eigenvalue weighted by atomic mass is 10.3. The third kappa shape index (κ3) is 3.05. The van der Waals surface area contributed by atoms with Gasteiger partial charge in [0.25, 0.3) is 0 Å². The Kier molecular flexibility index (Phi) is 3.19. The zero-order valence-corrected chi connectivity index (χ0v) is 8.08. The van der Waals surface area contributed by atoms with E-state index in [2.05, 4.69) is 5.32 Å². The molecule has 0 unspecified atom stereocenters. The van der Waals surface area contributed by atoms with Crippen LogP contribution < -0.4 is 10.6 Å². The number of carbonyl (C=O) groups excluding carboxylic acids is 1. The Morgan fingerprint density at radius 1 is 1.57 bits per heavy atom. The van der Waals surface area contributed by atoms with Gasteiger partial charge in [-0.1, -0.05) is 0 Å². The summed E-state index contributed by atoms with van der Waals surface area (Å²) in [6.45, 7) is 0.152. The van der Waals surface area contributed by atoms with Crippen molar-refractivity contribution >= 4 is 22.6 Å². The molecule has 0 aromatic carbocycles. The van der Waals surface area contributed by atoms with Crippen molar-refractivity contribution in [3.05, 3.63) is 0 Å². The number of nitrogens with one attached hydrogen (secondary N) is 2. The number of amides is 2. The molecule has 1 aliphatic rings. The summed E-state index contributed by atoms with van der Waals surface area (Å²) in [7, 11) is -2.86. The van der Waals surface area contributed by atoms with E-state index >= 15 is 0 Å². The van der Waals surface area contributed by atoms with Crippen molar-refractivity contribution in [1.82, 2.24) is 10.6 Å². The van der Waals surface area contributed by atoms with Crippen LogP contribution >= 0.6 is 10.6 Å². The number of rotatable bonds is 1. The summed E-state index contributed by atoms with van der Waals surface area (Å²) in [4.78, 5) is 21.5. The number of carbonyl (C=O) groups is 2. The standard InChI is InChI=1S/C6H12N2O5S/c9-5-4(8-6(10)11)3-14(12,13)2-1-7-5/h4,8,12-13H,1-3H2,(H,7,9)(H,10,11)/t4-/m0/s1. The Morgan fingerprint density at radius 2 is 2.21 bits per heavy atom. The fraction of sp³-hybridized carbons (Fsp3) is 0.667. The van der Waals surface area contributed by atoms with Gasteiger partial charge in [0.15, 0.2) is 0 Å². The lowest BCUT2D eigenvalue weighted by Crippen LogP contribution is -2.47. The van der Waals surface area contributed by atoms with Crippen LogP contribution in [0.4, 0.5) is 4.79 Å². The van der Waals surface area contributed by atoms with Crippen LogP contribution in [0.25, 0.3) is 0 Å². The topological polar surface area (TPSA) is 119 Å². The lowest BCUT2D eigenvalue weighted by Gasteiger charge is -2.31. The van der Waals surface area contributed by atoms with Crippen LogP contribution in [0, 0.1) is 0 Å². The lowest BCUT2D eigenvalue weighted by molar-refractivity contribution is -0.122. The molecule has 1 fully saturated rings. The molecule has 1 atom stereocenters. The molecular weight excluding hydrogens is 212 g/mol. The van der Waals surface area contributed by atoms with Gasteiger partial charge < -0.3 is 15.7 Å². The van der Waals surface area contributed by atoms with Crippen molar-refractivity contribution in [2.24, 2.45) is 0 Å². The Bertz CT molecular complexity index is 257. The van der Waals surface area contributed by atoms with Crippen molar-refractivity contribution < 1.29 is 23.8 Å². The minimum absolute atomic E-state index is 0.0660. The first kappa shape index (κ1) is 11.1. The van der Waals surface area contributed by atoms with Crippen molar-refractivity contribution in [3.8, 4) is 0 Å². The third-order valence-electron chi connectivity index (χ3n) is 1.78. The van der Waals surface area contributed by atoms with E-state index in [1.54, 1.807) is 0 Å². The number of hydrogen-bond acceptors (Lipinski definition) is 4. The maximum atomic E-state index is 11.2. The normalized spacial score (nSPS) is 28.4. The molecule has 1 rings (SSSR count). The Hall–Kier alpha value is -0.990.